The fraction of sp³-hybridized carbons (Fsp3) is 0.190. The van der Waals surface area contributed by atoms with Crippen LogP contribution in [0.15, 0.2) is 58.8 Å². The molecule has 0 aliphatic heterocycles. The second-order valence-corrected chi connectivity index (χ2v) is 7.12. The van der Waals surface area contributed by atoms with Crippen molar-refractivity contribution < 1.29 is 9.13 Å². The monoisotopic (exact) mass is 353 g/mol. The highest BCUT2D eigenvalue weighted by Crippen LogP contribution is 2.39. The van der Waals surface area contributed by atoms with Gasteiger partial charge in [0.2, 0.25) is 0 Å². The van der Waals surface area contributed by atoms with Gasteiger partial charge < -0.3 is 4.74 Å². The van der Waals surface area contributed by atoms with Gasteiger partial charge in [-0.1, -0.05) is 38.3 Å². The Bertz CT molecular complexity index is 919. The molecule has 0 fully saturated rings. The Morgan fingerprint density at radius 1 is 1.16 bits per heavy atom. The van der Waals surface area contributed by atoms with Gasteiger partial charge in [0, 0.05) is 20.7 Å². The summed E-state index contributed by atoms with van der Waals surface area (Å²) in [6.45, 7) is 8.17. The average Bonchev–Trinajstić information content (AvgIpc) is 2.62. The highest BCUT2D eigenvalue weighted by molar-refractivity contribution is 7.99. The van der Waals surface area contributed by atoms with Gasteiger partial charge in [-0.15, -0.1) is 0 Å². The fourth-order valence-corrected chi connectivity index (χ4v) is 3.83. The van der Waals surface area contributed by atoms with Crippen molar-refractivity contribution in [1.29, 1.82) is 0 Å². The van der Waals surface area contributed by atoms with Crippen LogP contribution in [0.2, 0.25) is 0 Å². The normalized spacial score (nSPS) is 11.1. The van der Waals surface area contributed by atoms with E-state index in [1.807, 2.05) is 30.3 Å². The van der Waals surface area contributed by atoms with Crippen molar-refractivity contribution in [2.45, 2.75) is 29.6 Å². The minimum atomic E-state index is -0.266. The van der Waals surface area contributed by atoms with Crippen LogP contribution in [0, 0.1) is 5.82 Å². The van der Waals surface area contributed by atoms with Crippen molar-refractivity contribution in [3.8, 4) is 5.75 Å². The number of rotatable bonds is 5. The fourth-order valence-electron chi connectivity index (χ4n) is 2.75. The lowest BCUT2D eigenvalue weighted by molar-refractivity contribution is 0.414. The molecule has 0 saturated carbocycles. The van der Waals surface area contributed by atoms with Crippen LogP contribution in [-0.2, 0) is 0 Å². The smallest absolute Gasteiger partial charge is 0.124 e. The highest BCUT2D eigenvalue weighted by atomic mass is 32.2. The SMILES string of the molecule is C=Cc1c(C(C)C)nc2ccc(F)cc2c1Sc1ccc(OC)cc1. The van der Waals surface area contributed by atoms with Gasteiger partial charge in [0.1, 0.15) is 11.6 Å². The molecule has 2 aromatic carbocycles. The van der Waals surface area contributed by atoms with E-state index >= 15 is 0 Å². The molecule has 0 atom stereocenters. The minimum absolute atomic E-state index is 0.248. The van der Waals surface area contributed by atoms with Crippen LogP contribution >= 0.6 is 11.8 Å². The summed E-state index contributed by atoms with van der Waals surface area (Å²) in [5.41, 5.74) is 2.74. The van der Waals surface area contributed by atoms with Gasteiger partial charge in [0.15, 0.2) is 0 Å². The number of ether oxygens (including phenoxy) is 1. The molecule has 4 heteroatoms. The number of hydrogen-bond donors (Lipinski definition) is 0. The Balaban J connectivity index is 2.21. The van der Waals surface area contributed by atoms with E-state index in [9.17, 15) is 4.39 Å². The van der Waals surface area contributed by atoms with Crippen LogP contribution < -0.4 is 4.74 Å². The Morgan fingerprint density at radius 2 is 1.88 bits per heavy atom. The number of aromatic nitrogens is 1. The van der Waals surface area contributed by atoms with E-state index in [-0.39, 0.29) is 11.7 Å². The number of pyridine rings is 1. The molecule has 0 aliphatic carbocycles. The molecule has 0 N–H and O–H groups in total. The van der Waals surface area contributed by atoms with Gasteiger partial charge in [0.25, 0.3) is 0 Å². The van der Waals surface area contributed by atoms with E-state index in [2.05, 4.69) is 20.4 Å². The molecule has 0 spiro atoms. The van der Waals surface area contributed by atoms with Crippen LogP contribution in [0.25, 0.3) is 17.0 Å². The number of fused-ring (bicyclic) bond motifs is 1. The van der Waals surface area contributed by atoms with Crippen molar-refractivity contribution in [3.05, 3.63) is 66.1 Å². The molecule has 25 heavy (non-hydrogen) atoms. The van der Waals surface area contributed by atoms with Crippen LogP contribution in [-0.4, -0.2) is 12.1 Å². The van der Waals surface area contributed by atoms with E-state index < -0.39 is 0 Å². The second-order valence-electron chi connectivity index (χ2n) is 6.04. The van der Waals surface area contributed by atoms with Gasteiger partial charge in [-0.05, 0) is 48.4 Å². The predicted molar refractivity (Wildman–Crippen MR) is 103 cm³/mol. The summed E-state index contributed by atoms with van der Waals surface area (Å²) in [4.78, 5) is 6.78. The second kappa shape index (κ2) is 7.28. The lowest BCUT2D eigenvalue weighted by Gasteiger charge is -2.17. The van der Waals surface area contributed by atoms with Crippen LogP contribution in [0.3, 0.4) is 0 Å². The summed E-state index contributed by atoms with van der Waals surface area (Å²) in [5.74, 6) is 0.789. The number of halogens is 1. The molecule has 1 heterocycles. The standard InChI is InChI=1S/C21H20FNOS/c1-5-17-20(13(2)3)23-19-11-6-14(22)12-18(19)21(17)25-16-9-7-15(24-4)8-10-16/h5-13H,1H2,2-4H3. The van der Waals surface area contributed by atoms with Crippen LogP contribution in [0.5, 0.6) is 5.75 Å². The highest BCUT2D eigenvalue weighted by Gasteiger charge is 2.17. The van der Waals surface area contributed by atoms with Gasteiger partial charge in [-0.25, -0.2) is 4.39 Å². The summed E-state index contributed by atoms with van der Waals surface area (Å²) < 4.78 is 19.1. The molecular formula is C21H20FNOS. The molecule has 0 amide bonds. The van der Waals surface area contributed by atoms with Crippen molar-refractivity contribution >= 4 is 28.7 Å². The summed E-state index contributed by atoms with van der Waals surface area (Å²) >= 11 is 1.59. The van der Waals surface area contributed by atoms with Gasteiger partial charge in [-0.3, -0.25) is 4.98 Å². The minimum Gasteiger partial charge on any atom is -0.497 e. The number of nitrogens with zero attached hydrogens (tertiary/aromatic N) is 1. The summed E-state index contributed by atoms with van der Waals surface area (Å²) in [6.07, 6.45) is 1.82. The molecule has 3 aromatic rings. The molecular weight excluding hydrogens is 333 g/mol. The zero-order valence-corrected chi connectivity index (χ0v) is 15.4. The topological polar surface area (TPSA) is 22.1 Å². The molecule has 0 unspecified atom stereocenters. The first-order valence-electron chi connectivity index (χ1n) is 8.11. The lowest BCUT2D eigenvalue weighted by atomic mass is 10.0. The summed E-state index contributed by atoms with van der Waals surface area (Å²) in [5, 5.41) is 0.806. The molecule has 2 nitrogen and oxygen atoms in total. The van der Waals surface area contributed by atoms with Gasteiger partial charge >= 0.3 is 0 Å². The quantitative estimate of drug-likeness (QED) is 0.537. The molecule has 128 valence electrons. The van der Waals surface area contributed by atoms with Gasteiger partial charge in [0.05, 0.1) is 18.3 Å². The predicted octanol–water partition coefficient (Wildman–Crippen LogP) is 6.30. The number of methoxy groups -OCH3 is 1. The van der Waals surface area contributed by atoms with E-state index in [4.69, 9.17) is 9.72 Å². The number of benzene rings is 2. The van der Waals surface area contributed by atoms with Crippen molar-refractivity contribution in [1.82, 2.24) is 4.98 Å². The van der Waals surface area contributed by atoms with Crippen molar-refractivity contribution in [2.24, 2.45) is 0 Å². The Hall–Kier alpha value is -2.33. The third-order valence-electron chi connectivity index (χ3n) is 4.00. The molecule has 0 saturated heterocycles. The maximum absolute atomic E-state index is 13.9. The third kappa shape index (κ3) is 3.54. The first-order chi connectivity index (χ1) is 12.0. The maximum atomic E-state index is 13.9. The molecule has 1 aromatic heterocycles. The zero-order chi connectivity index (χ0) is 18.0. The third-order valence-corrected chi connectivity index (χ3v) is 5.15. The molecule has 3 rings (SSSR count). The zero-order valence-electron chi connectivity index (χ0n) is 14.5. The largest absolute Gasteiger partial charge is 0.497 e. The van der Waals surface area contributed by atoms with Crippen molar-refractivity contribution in [3.63, 3.8) is 0 Å². The van der Waals surface area contributed by atoms with E-state index in [0.717, 1.165) is 37.7 Å². The first kappa shape index (κ1) is 17.5. The summed E-state index contributed by atoms with van der Waals surface area (Å²) in [7, 11) is 1.64. The first-order valence-corrected chi connectivity index (χ1v) is 8.92. The Labute approximate surface area is 151 Å². The molecule has 0 aliphatic rings. The average molecular weight is 353 g/mol. The lowest BCUT2D eigenvalue weighted by Crippen LogP contribution is -2.00. The Morgan fingerprint density at radius 3 is 2.48 bits per heavy atom. The van der Waals surface area contributed by atoms with E-state index in [0.29, 0.717) is 0 Å². The van der Waals surface area contributed by atoms with E-state index in [1.165, 1.54) is 6.07 Å². The summed E-state index contributed by atoms with van der Waals surface area (Å²) in [6, 6.07) is 12.6. The molecule has 0 bridgehead atoms. The van der Waals surface area contributed by atoms with Crippen LogP contribution in [0.1, 0.15) is 31.0 Å². The number of hydrogen-bond acceptors (Lipinski definition) is 3. The van der Waals surface area contributed by atoms with E-state index in [1.54, 1.807) is 31.0 Å². The molecule has 0 radical (unpaired) electrons. The van der Waals surface area contributed by atoms with Gasteiger partial charge in [-0.2, -0.15) is 0 Å². The van der Waals surface area contributed by atoms with Crippen molar-refractivity contribution in [2.75, 3.05) is 7.11 Å². The Kier molecular flexibility index (Phi) is 5.09. The van der Waals surface area contributed by atoms with Crippen LogP contribution in [0.4, 0.5) is 4.39 Å². The maximum Gasteiger partial charge on any atom is 0.124 e.